The zero-order valence-corrected chi connectivity index (χ0v) is 13.1. The average molecular weight is 320 g/mol. The van der Waals surface area contributed by atoms with E-state index < -0.39 is 17.7 Å². The van der Waals surface area contributed by atoms with Crippen molar-refractivity contribution in [2.75, 3.05) is 24.5 Å². The Morgan fingerprint density at radius 1 is 1.30 bits per heavy atom. The SMILES string of the molecule is C[C@@H]1CN([C@H]2CCCN(c3ccccc3F)C2=O)C[C@H]1C(=O)O. The first-order valence-corrected chi connectivity index (χ1v) is 8.02. The highest BCUT2D eigenvalue weighted by Gasteiger charge is 2.42. The zero-order valence-electron chi connectivity index (χ0n) is 13.1. The molecule has 0 unspecified atom stereocenters. The first-order valence-electron chi connectivity index (χ1n) is 8.02. The summed E-state index contributed by atoms with van der Waals surface area (Å²) in [4.78, 5) is 27.6. The molecule has 5 nitrogen and oxygen atoms in total. The summed E-state index contributed by atoms with van der Waals surface area (Å²) < 4.78 is 14.0. The number of likely N-dealkylation sites (tertiary alicyclic amines) is 1. The van der Waals surface area contributed by atoms with Crippen LogP contribution in [0.1, 0.15) is 19.8 Å². The van der Waals surface area contributed by atoms with Gasteiger partial charge in [0.15, 0.2) is 0 Å². The Kier molecular flexibility index (Phi) is 4.35. The molecule has 2 saturated heterocycles. The number of para-hydroxylation sites is 1. The third kappa shape index (κ3) is 2.95. The Labute approximate surface area is 134 Å². The number of carbonyl (C=O) groups excluding carboxylic acids is 1. The van der Waals surface area contributed by atoms with E-state index in [-0.39, 0.29) is 17.9 Å². The molecule has 1 N–H and O–H groups in total. The van der Waals surface area contributed by atoms with Gasteiger partial charge in [-0.15, -0.1) is 0 Å². The molecule has 6 heteroatoms. The van der Waals surface area contributed by atoms with Gasteiger partial charge in [-0.1, -0.05) is 19.1 Å². The van der Waals surface area contributed by atoms with Gasteiger partial charge in [0.2, 0.25) is 5.91 Å². The normalized spacial score (nSPS) is 29.0. The van der Waals surface area contributed by atoms with Crippen LogP contribution < -0.4 is 4.90 Å². The van der Waals surface area contributed by atoms with Crippen LogP contribution in [-0.4, -0.2) is 47.6 Å². The van der Waals surface area contributed by atoms with Crippen molar-refractivity contribution in [1.82, 2.24) is 4.90 Å². The molecule has 23 heavy (non-hydrogen) atoms. The highest BCUT2D eigenvalue weighted by Crippen LogP contribution is 2.31. The van der Waals surface area contributed by atoms with E-state index in [2.05, 4.69) is 0 Å². The van der Waals surface area contributed by atoms with Gasteiger partial charge in [-0.05, 0) is 30.9 Å². The van der Waals surface area contributed by atoms with Crippen LogP contribution in [0.4, 0.5) is 10.1 Å². The van der Waals surface area contributed by atoms with Gasteiger partial charge >= 0.3 is 5.97 Å². The summed E-state index contributed by atoms with van der Waals surface area (Å²) in [5.41, 5.74) is 0.309. The van der Waals surface area contributed by atoms with Crippen molar-refractivity contribution in [1.29, 1.82) is 0 Å². The molecular weight excluding hydrogens is 299 g/mol. The van der Waals surface area contributed by atoms with Gasteiger partial charge < -0.3 is 10.0 Å². The van der Waals surface area contributed by atoms with E-state index in [1.807, 2.05) is 11.8 Å². The Balaban J connectivity index is 1.79. The number of aliphatic carboxylic acids is 1. The summed E-state index contributed by atoms with van der Waals surface area (Å²) in [5, 5.41) is 9.26. The predicted molar refractivity (Wildman–Crippen MR) is 83.6 cm³/mol. The molecule has 0 spiro atoms. The Bertz CT molecular complexity index is 622. The average Bonchev–Trinajstić information content (AvgIpc) is 2.90. The van der Waals surface area contributed by atoms with E-state index in [4.69, 9.17) is 0 Å². The molecule has 2 aliphatic heterocycles. The fourth-order valence-electron chi connectivity index (χ4n) is 3.69. The van der Waals surface area contributed by atoms with Gasteiger partial charge in [0, 0.05) is 19.6 Å². The number of carboxylic acid groups (broad SMARTS) is 1. The van der Waals surface area contributed by atoms with Crippen LogP contribution in [0.5, 0.6) is 0 Å². The van der Waals surface area contributed by atoms with Gasteiger partial charge in [-0.2, -0.15) is 0 Å². The highest BCUT2D eigenvalue weighted by molar-refractivity contribution is 5.98. The van der Waals surface area contributed by atoms with Crippen LogP contribution in [0, 0.1) is 17.7 Å². The van der Waals surface area contributed by atoms with E-state index in [9.17, 15) is 19.1 Å². The van der Waals surface area contributed by atoms with Gasteiger partial charge in [0.25, 0.3) is 0 Å². The lowest BCUT2D eigenvalue weighted by atomic mass is 9.99. The van der Waals surface area contributed by atoms with Crippen molar-refractivity contribution in [2.45, 2.75) is 25.8 Å². The first kappa shape index (κ1) is 15.9. The fourth-order valence-corrected chi connectivity index (χ4v) is 3.69. The van der Waals surface area contributed by atoms with Crippen LogP contribution in [0.15, 0.2) is 24.3 Å². The monoisotopic (exact) mass is 320 g/mol. The minimum atomic E-state index is -0.811. The molecule has 0 aliphatic carbocycles. The minimum Gasteiger partial charge on any atom is -0.481 e. The highest BCUT2D eigenvalue weighted by atomic mass is 19.1. The second-order valence-electron chi connectivity index (χ2n) is 6.48. The topological polar surface area (TPSA) is 60.9 Å². The lowest BCUT2D eigenvalue weighted by molar-refractivity contribution is -0.142. The van der Waals surface area contributed by atoms with E-state index in [1.54, 1.807) is 18.2 Å². The molecule has 0 radical (unpaired) electrons. The van der Waals surface area contributed by atoms with Crippen LogP contribution in [0.2, 0.25) is 0 Å². The molecule has 3 rings (SSSR count). The molecule has 2 heterocycles. The second kappa shape index (κ2) is 6.28. The number of halogens is 1. The van der Waals surface area contributed by atoms with Crippen molar-refractivity contribution in [3.63, 3.8) is 0 Å². The van der Waals surface area contributed by atoms with Crippen molar-refractivity contribution in [2.24, 2.45) is 11.8 Å². The number of amides is 1. The first-order chi connectivity index (χ1) is 11.0. The van der Waals surface area contributed by atoms with E-state index in [1.165, 1.54) is 11.0 Å². The maximum Gasteiger partial charge on any atom is 0.308 e. The number of piperidine rings is 1. The summed E-state index contributed by atoms with van der Waals surface area (Å²) in [6.45, 7) is 3.39. The predicted octanol–water partition coefficient (Wildman–Crippen LogP) is 1.97. The second-order valence-corrected chi connectivity index (χ2v) is 6.48. The van der Waals surface area contributed by atoms with E-state index >= 15 is 0 Å². The molecule has 3 atom stereocenters. The summed E-state index contributed by atoms with van der Waals surface area (Å²) in [7, 11) is 0. The largest absolute Gasteiger partial charge is 0.481 e. The standard InChI is InChI=1S/C17H21FN2O3/c1-11-9-19(10-12(11)17(22)23)15-7-4-8-20(16(15)21)14-6-3-2-5-13(14)18/h2-3,5-6,11-12,15H,4,7-10H2,1H3,(H,22,23)/t11-,12-,15+/m1/s1. The van der Waals surface area contributed by atoms with Crippen LogP contribution >= 0.6 is 0 Å². The van der Waals surface area contributed by atoms with Crippen molar-refractivity contribution in [3.8, 4) is 0 Å². The molecule has 124 valence electrons. The maximum atomic E-state index is 14.0. The number of carbonyl (C=O) groups is 2. The Morgan fingerprint density at radius 3 is 2.70 bits per heavy atom. The van der Waals surface area contributed by atoms with Gasteiger partial charge in [0.1, 0.15) is 5.82 Å². The quantitative estimate of drug-likeness (QED) is 0.925. The molecule has 1 amide bonds. The smallest absolute Gasteiger partial charge is 0.308 e. The third-order valence-corrected chi connectivity index (χ3v) is 4.95. The minimum absolute atomic E-state index is 0.0177. The van der Waals surface area contributed by atoms with Crippen LogP contribution in [-0.2, 0) is 9.59 Å². The summed E-state index contributed by atoms with van der Waals surface area (Å²) in [5.74, 6) is -1.76. The van der Waals surface area contributed by atoms with Crippen molar-refractivity contribution < 1.29 is 19.1 Å². The Hall–Kier alpha value is -1.95. The summed E-state index contributed by atoms with van der Waals surface area (Å²) >= 11 is 0. The molecule has 1 aromatic carbocycles. The van der Waals surface area contributed by atoms with E-state index in [0.717, 1.165) is 6.42 Å². The molecule has 2 fully saturated rings. The summed E-state index contributed by atoms with van der Waals surface area (Å²) in [6.07, 6.45) is 1.48. The van der Waals surface area contributed by atoms with Gasteiger partial charge in [-0.3, -0.25) is 14.5 Å². The lowest BCUT2D eigenvalue weighted by Gasteiger charge is -2.37. The van der Waals surface area contributed by atoms with E-state index in [0.29, 0.717) is 31.7 Å². The molecule has 0 bridgehead atoms. The summed E-state index contributed by atoms with van der Waals surface area (Å²) in [6, 6.07) is 5.93. The lowest BCUT2D eigenvalue weighted by Crippen LogP contribution is -2.52. The van der Waals surface area contributed by atoms with Gasteiger partial charge in [0.05, 0.1) is 17.6 Å². The third-order valence-electron chi connectivity index (χ3n) is 4.95. The number of benzene rings is 1. The number of rotatable bonds is 3. The van der Waals surface area contributed by atoms with Gasteiger partial charge in [-0.25, -0.2) is 4.39 Å². The Morgan fingerprint density at radius 2 is 2.04 bits per heavy atom. The number of hydrogen-bond acceptors (Lipinski definition) is 3. The molecular formula is C17H21FN2O3. The van der Waals surface area contributed by atoms with Crippen LogP contribution in [0.25, 0.3) is 0 Å². The molecule has 0 aromatic heterocycles. The maximum absolute atomic E-state index is 14.0. The molecule has 0 saturated carbocycles. The molecule has 2 aliphatic rings. The molecule has 1 aromatic rings. The number of nitrogens with zero attached hydrogens (tertiary/aromatic N) is 2. The van der Waals surface area contributed by atoms with Crippen molar-refractivity contribution >= 4 is 17.6 Å². The number of anilines is 1. The fraction of sp³-hybridized carbons (Fsp3) is 0.529. The number of hydrogen-bond donors (Lipinski definition) is 1. The van der Waals surface area contributed by atoms with Crippen LogP contribution in [0.3, 0.4) is 0 Å². The van der Waals surface area contributed by atoms with Crippen molar-refractivity contribution in [3.05, 3.63) is 30.1 Å². The number of carboxylic acids is 1. The zero-order chi connectivity index (χ0) is 16.6.